The molecule has 1 aliphatic heterocycles. The van der Waals surface area contributed by atoms with Gasteiger partial charge in [0.15, 0.2) is 12.2 Å². The highest BCUT2D eigenvalue weighted by Crippen LogP contribution is 2.10. The average Bonchev–Trinajstić information content (AvgIpc) is 2.63. The Bertz CT molecular complexity index is 391. The smallest absolute Gasteiger partial charge is 0.347 e. The summed E-state index contributed by atoms with van der Waals surface area (Å²) in [5.41, 5.74) is 0. The van der Waals surface area contributed by atoms with E-state index in [0.717, 1.165) is 0 Å². The van der Waals surface area contributed by atoms with E-state index in [0.29, 0.717) is 0 Å². The van der Waals surface area contributed by atoms with Crippen molar-refractivity contribution in [2.75, 3.05) is 0 Å². The molecule has 0 spiro atoms. The highest BCUT2D eigenvalue weighted by molar-refractivity contribution is 5.86. The zero-order valence-electron chi connectivity index (χ0n) is 18.2. The van der Waals surface area contributed by atoms with Gasteiger partial charge in [-0.25, -0.2) is 14.4 Å². The van der Waals surface area contributed by atoms with Crippen molar-refractivity contribution in [3.05, 3.63) is 0 Å². The van der Waals surface area contributed by atoms with E-state index in [1.807, 2.05) is 0 Å². The number of carboxylic acid groups (broad SMARTS) is 1. The van der Waals surface area contributed by atoms with Crippen molar-refractivity contribution >= 4 is 17.9 Å². The molecule has 0 radical (unpaired) electrons. The predicted molar refractivity (Wildman–Crippen MR) is 108 cm³/mol. The van der Waals surface area contributed by atoms with Crippen molar-refractivity contribution in [2.45, 2.75) is 117 Å². The van der Waals surface area contributed by atoms with E-state index >= 15 is 0 Å². The highest BCUT2D eigenvalue weighted by Gasteiger charge is 2.32. The van der Waals surface area contributed by atoms with E-state index in [9.17, 15) is 14.4 Å². The number of aliphatic hydroxyl groups is 1. The maximum absolute atomic E-state index is 10.7. The molecule has 3 unspecified atom stereocenters. The van der Waals surface area contributed by atoms with E-state index in [4.69, 9.17) is 10.2 Å². The summed E-state index contributed by atoms with van der Waals surface area (Å²) in [7, 11) is 0. The number of rotatable bonds is 10. The molecule has 28 heavy (non-hydrogen) atoms. The number of ether oxygens (including phenoxy) is 2. The van der Waals surface area contributed by atoms with Crippen LogP contribution < -0.4 is 0 Å². The van der Waals surface area contributed by atoms with Crippen LogP contribution in [0.5, 0.6) is 0 Å². The molecule has 3 atom stereocenters. The summed E-state index contributed by atoms with van der Waals surface area (Å²) in [5.74, 6) is -2.14. The number of unbranched alkanes of at least 4 members (excludes halogenated alkanes) is 9. The third-order valence-corrected chi connectivity index (χ3v) is 4.06. The lowest BCUT2D eigenvalue weighted by Crippen LogP contribution is -2.40. The molecule has 2 N–H and O–H groups in total. The van der Waals surface area contributed by atoms with Gasteiger partial charge in [-0.3, -0.25) is 0 Å². The molecule has 0 amide bonds. The fourth-order valence-corrected chi connectivity index (χ4v) is 2.20. The predicted octanol–water partition coefficient (Wildman–Crippen LogP) is 4.24. The first-order valence-corrected chi connectivity index (χ1v) is 10.5. The number of hydrogen-bond acceptors (Lipinski definition) is 6. The van der Waals surface area contributed by atoms with Crippen molar-refractivity contribution in [1.29, 1.82) is 0 Å². The number of carbonyl (C=O) groups excluding carboxylic acids is 2. The fraction of sp³-hybridized carbons (Fsp3) is 0.857. The Labute approximate surface area is 169 Å². The summed E-state index contributed by atoms with van der Waals surface area (Å²) in [6, 6.07) is 0. The quantitative estimate of drug-likeness (QED) is 0.414. The monoisotopic (exact) mass is 404 g/mol. The first kappa shape index (κ1) is 28.6. The lowest BCUT2D eigenvalue weighted by atomic mass is 10.1. The van der Waals surface area contributed by atoms with Gasteiger partial charge >= 0.3 is 17.9 Å². The third-order valence-electron chi connectivity index (χ3n) is 4.06. The van der Waals surface area contributed by atoms with Crippen LogP contribution in [-0.2, 0) is 23.9 Å². The van der Waals surface area contributed by atoms with Crippen LogP contribution >= 0.6 is 0 Å². The van der Waals surface area contributed by atoms with Crippen LogP contribution in [-0.4, -0.2) is 46.4 Å². The first-order valence-electron chi connectivity index (χ1n) is 10.5. The van der Waals surface area contributed by atoms with Gasteiger partial charge in [0.05, 0.1) is 0 Å². The van der Waals surface area contributed by atoms with E-state index < -0.39 is 36.2 Å². The van der Waals surface area contributed by atoms with Crippen LogP contribution in [0.4, 0.5) is 0 Å². The average molecular weight is 405 g/mol. The highest BCUT2D eigenvalue weighted by atomic mass is 16.6. The molecule has 1 saturated heterocycles. The van der Waals surface area contributed by atoms with Gasteiger partial charge in [-0.15, -0.1) is 0 Å². The van der Waals surface area contributed by atoms with Crippen LogP contribution in [0.2, 0.25) is 0 Å². The topological polar surface area (TPSA) is 110 Å². The summed E-state index contributed by atoms with van der Waals surface area (Å²) in [4.78, 5) is 30.8. The molecule has 0 aromatic rings. The molecule has 1 heterocycles. The number of hydrogen-bond donors (Lipinski definition) is 2. The molecular formula is C21H40O7. The minimum absolute atomic E-state index is 0.480. The minimum atomic E-state index is -1.23. The van der Waals surface area contributed by atoms with Gasteiger partial charge in [-0.2, -0.15) is 0 Å². The first-order chi connectivity index (χ1) is 13.2. The zero-order chi connectivity index (χ0) is 21.9. The summed E-state index contributed by atoms with van der Waals surface area (Å²) in [6.07, 6.45) is 11.7. The second-order valence-corrected chi connectivity index (χ2v) is 7.00. The van der Waals surface area contributed by atoms with Gasteiger partial charge in [0.25, 0.3) is 0 Å². The molecule has 0 aromatic carbocycles. The molecular weight excluding hydrogens is 364 g/mol. The number of aliphatic hydroxyl groups excluding tert-OH is 1. The number of cyclic esters (lactones) is 2. The maximum atomic E-state index is 10.7. The second kappa shape index (κ2) is 18.7. The standard InChI is InChI=1S/C12H26.C6H8O4.C3H6O3/c1-3-5-7-9-11-12-10-8-6-4-2;1-3-5(7)10-4(2)6(8)9-3;1-2(4)3(5)6/h3-12H2,1-2H3;3-4H,1-2H3;2,4H,1H3,(H,5,6). The van der Waals surface area contributed by atoms with Crippen LogP contribution in [0.15, 0.2) is 0 Å². The van der Waals surface area contributed by atoms with Crippen molar-refractivity contribution in [3.63, 3.8) is 0 Å². The van der Waals surface area contributed by atoms with Gasteiger partial charge in [0, 0.05) is 0 Å². The Balaban J connectivity index is 0. The summed E-state index contributed by atoms with van der Waals surface area (Å²) in [6.45, 7) is 8.71. The summed E-state index contributed by atoms with van der Waals surface area (Å²) < 4.78 is 9.19. The second-order valence-electron chi connectivity index (χ2n) is 7.00. The van der Waals surface area contributed by atoms with Crippen molar-refractivity contribution in [1.82, 2.24) is 0 Å². The summed E-state index contributed by atoms with van der Waals surface area (Å²) >= 11 is 0. The molecule has 1 aliphatic rings. The van der Waals surface area contributed by atoms with E-state index in [1.165, 1.54) is 85.0 Å². The SMILES string of the molecule is CC(O)C(=O)O.CC1OC(=O)C(C)OC1=O.CCCCCCCCCCCC. The van der Waals surface area contributed by atoms with E-state index in [2.05, 4.69) is 23.3 Å². The molecule has 0 aliphatic carbocycles. The van der Waals surface area contributed by atoms with E-state index in [1.54, 1.807) is 0 Å². The normalized spacial score (nSPS) is 19.2. The van der Waals surface area contributed by atoms with Gasteiger partial charge in [-0.05, 0) is 20.8 Å². The number of carbonyl (C=O) groups is 3. The van der Waals surface area contributed by atoms with Gasteiger partial charge in [-0.1, -0.05) is 78.1 Å². The molecule has 166 valence electrons. The van der Waals surface area contributed by atoms with E-state index in [-0.39, 0.29) is 0 Å². The Kier molecular flexibility index (Phi) is 19.1. The Morgan fingerprint density at radius 3 is 1.29 bits per heavy atom. The zero-order valence-corrected chi connectivity index (χ0v) is 18.2. The van der Waals surface area contributed by atoms with Crippen molar-refractivity contribution in [2.24, 2.45) is 0 Å². The van der Waals surface area contributed by atoms with Gasteiger partial charge < -0.3 is 19.7 Å². The van der Waals surface area contributed by atoms with Gasteiger partial charge in [0.2, 0.25) is 0 Å². The number of esters is 2. The minimum Gasteiger partial charge on any atom is -0.479 e. The third kappa shape index (κ3) is 17.8. The van der Waals surface area contributed by atoms with Crippen molar-refractivity contribution < 1.29 is 34.1 Å². The molecule has 0 saturated carbocycles. The van der Waals surface area contributed by atoms with Crippen LogP contribution in [0.3, 0.4) is 0 Å². The lowest BCUT2D eigenvalue weighted by Gasteiger charge is -2.22. The lowest BCUT2D eigenvalue weighted by molar-refractivity contribution is -0.191. The van der Waals surface area contributed by atoms with Crippen LogP contribution in [0, 0.1) is 0 Å². The molecule has 7 nitrogen and oxygen atoms in total. The van der Waals surface area contributed by atoms with Crippen molar-refractivity contribution in [3.8, 4) is 0 Å². The Morgan fingerprint density at radius 2 is 1.07 bits per heavy atom. The fourth-order valence-electron chi connectivity index (χ4n) is 2.20. The molecule has 1 fully saturated rings. The largest absolute Gasteiger partial charge is 0.479 e. The number of carboxylic acids is 1. The number of aliphatic carboxylic acids is 1. The van der Waals surface area contributed by atoms with Gasteiger partial charge in [0.1, 0.15) is 6.10 Å². The molecule has 0 bridgehead atoms. The molecule has 7 heteroatoms. The Hall–Kier alpha value is -1.63. The van der Waals surface area contributed by atoms with Crippen LogP contribution in [0.25, 0.3) is 0 Å². The summed E-state index contributed by atoms with van der Waals surface area (Å²) in [5, 5.41) is 15.8. The molecule has 1 rings (SSSR count). The van der Waals surface area contributed by atoms with Crippen LogP contribution in [0.1, 0.15) is 98.8 Å². The Morgan fingerprint density at radius 1 is 0.821 bits per heavy atom. The molecule has 0 aromatic heterocycles. The maximum Gasteiger partial charge on any atom is 0.347 e.